The molecular weight excluding hydrogens is 348 g/mol. The number of hydrogen-bond donors (Lipinski definition) is 0. The molecule has 5 nitrogen and oxygen atoms in total. The Morgan fingerprint density at radius 1 is 0.923 bits per heavy atom. The van der Waals surface area contributed by atoms with Gasteiger partial charge in [-0.1, -0.05) is 37.1 Å². The lowest BCUT2D eigenvalue weighted by Gasteiger charge is -2.21. The second kappa shape index (κ2) is 8.01. The Morgan fingerprint density at radius 2 is 1.58 bits per heavy atom. The largest absolute Gasteiger partial charge is 0.311 e. The van der Waals surface area contributed by atoms with Crippen molar-refractivity contribution in [2.75, 3.05) is 25.0 Å². The highest BCUT2D eigenvalue weighted by molar-refractivity contribution is 7.89. The summed E-state index contributed by atoms with van der Waals surface area (Å²) < 4.78 is 27.5. The number of rotatable bonds is 4. The fourth-order valence-corrected chi connectivity index (χ4v) is 4.75. The Balaban J connectivity index is 1.86. The molecule has 1 amide bonds. The molecule has 2 aromatic rings. The first-order valence-electron chi connectivity index (χ1n) is 8.93. The standard InChI is InChI=1S/C20H24N2O3S/c1-21(18-11-5-4-6-12-18)20(23)17-10-9-13-19(16-17)26(24,25)22-14-7-2-3-8-15-22/h4-6,9-13,16H,2-3,7-8,14-15H2,1H3. The maximum Gasteiger partial charge on any atom is 0.258 e. The second-order valence-electron chi connectivity index (χ2n) is 6.55. The smallest absolute Gasteiger partial charge is 0.258 e. The molecular formula is C20H24N2O3S. The summed E-state index contributed by atoms with van der Waals surface area (Å²) in [6.07, 6.45) is 3.89. The van der Waals surface area contributed by atoms with Crippen LogP contribution in [0.4, 0.5) is 5.69 Å². The molecule has 0 bridgehead atoms. The highest BCUT2D eigenvalue weighted by Gasteiger charge is 2.26. The summed E-state index contributed by atoms with van der Waals surface area (Å²) in [4.78, 5) is 14.5. The predicted octanol–water partition coefficient (Wildman–Crippen LogP) is 3.53. The fraction of sp³-hybridized carbons (Fsp3) is 0.350. The van der Waals surface area contributed by atoms with Gasteiger partial charge in [0.15, 0.2) is 0 Å². The van der Waals surface area contributed by atoms with E-state index < -0.39 is 10.0 Å². The van der Waals surface area contributed by atoms with E-state index in [0.29, 0.717) is 18.7 Å². The number of sulfonamides is 1. The van der Waals surface area contributed by atoms with Crippen LogP contribution < -0.4 is 4.90 Å². The topological polar surface area (TPSA) is 57.7 Å². The van der Waals surface area contributed by atoms with Crippen LogP contribution in [0.15, 0.2) is 59.5 Å². The van der Waals surface area contributed by atoms with E-state index in [1.165, 1.54) is 11.0 Å². The zero-order valence-corrected chi connectivity index (χ0v) is 15.8. The van der Waals surface area contributed by atoms with Gasteiger partial charge in [-0.3, -0.25) is 4.79 Å². The molecule has 26 heavy (non-hydrogen) atoms. The highest BCUT2D eigenvalue weighted by Crippen LogP contribution is 2.22. The van der Waals surface area contributed by atoms with E-state index in [2.05, 4.69) is 0 Å². The van der Waals surface area contributed by atoms with Gasteiger partial charge in [-0.2, -0.15) is 4.31 Å². The van der Waals surface area contributed by atoms with Crippen molar-refractivity contribution in [3.8, 4) is 0 Å². The average molecular weight is 372 g/mol. The Bertz CT molecular complexity index is 858. The summed E-state index contributed by atoms with van der Waals surface area (Å²) >= 11 is 0. The summed E-state index contributed by atoms with van der Waals surface area (Å²) in [5.74, 6) is -0.232. The van der Waals surface area contributed by atoms with E-state index in [1.807, 2.05) is 30.3 Å². The summed E-state index contributed by atoms with van der Waals surface area (Å²) in [7, 11) is -1.88. The van der Waals surface area contributed by atoms with Crippen LogP contribution in [-0.4, -0.2) is 38.8 Å². The molecule has 138 valence electrons. The Hall–Kier alpha value is -2.18. The molecule has 1 aliphatic heterocycles. The first kappa shape index (κ1) is 18.6. The average Bonchev–Trinajstić information content (AvgIpc) is 2.98. The minimum absolute atomic E-state index is 0.187. The van der Waals surface area contributed by atoms with Gasteiger partial charge in [-0.25, -0.2) is 8.42 Å². The van der Waals surface area contributed by atoms with Crippen LogP contribution in [-0.2, 0) is 10.0 Å². The van der Waals surface area contributed by atoms with Gasteiger partial charge in [0.25, 0.3) is 5.91 Å². The molecule has 6 heteroatoms. The molecule has 0 radical (unpaired) electrons. The lowest BCUT2D eigenvalue weighted by molar-refractivity contribution is 0.0993. The molecule has 0 unspecified atom stereocenters. The molecule has 3 rings (SSSR count). The number of anilines is 1. The molecule has 0 saturated carbocycles. The molecule has 0 atom stereocenters. The van der Waals surface area contributed by atoms with Gasteiger partial charge < -0.3 is 4.90 Å². The molecule has 1 saturated heterocycles. The zero-order valence-electron chi connectivity index (χ0n) is 15.0. The van der Waals surface area contributed by atoms with Crippen molar-refractivity contribution in [2.45, 2.75) is 30.6 Å². The minimum Gasteiger partial charge on any atom is -0.311 e. The van der Waals surface area contributed by atoms with Gasteiger partial charge in [0.05, 0.1) is 4.90 Å². The third-order valence-corrected chi connectivity index (χ3v) is 6.63. The third kappa shape index (κ3) is 3.97. The summed E-state index contributed by atoms with van der Waals surface area (Å²) in [5.41, 5.74) is 1.13. The predicted molar refractivity (Wildman–Crippen MR) is 103 cm³/mol. The van der Waals surface area contributed by atoms with Crippen molar-refractivity contribution in [3.63, 3.8) is 0 Å². The van der Waals surface area contributed by atoms with Gasteiger partial charge in [0.2, 0.25) is 10.0 Å². The normalized spacial score (nSPS) is 16.0. The number of amides is 1. The van der Waals surface area contributed by atoms with Crippen LogP contribution in [0.3, 0.4) is 0 Å². The highest BCUT2D eigenvalue weighted by atomic mass is 32.2. The maximum atomic E-state index is 13.0. The summed E-state index contributed by atoms with van der Waals surface area (Å²) in [6, 6.07) is 15.6. The maximum absolute atomic E-state index is 13.0. The molecule has 1 heterocycles. The molecule has 0 aliphatic carbocycles. The second-order valence-corrected chi connectivity index (χ2v) is 8.48. The number of nitrogens with zero attached hydrogens (tertiary/aromatic N) is 2. The van der Waals surface area contributed by atoms with E-state index in [9.17, 15) is 13.2 Å². The molecule has 0 aromatic heterocycles. The molecule has 0 N–H and O–H groups in total. The Kier molecular flexibility index (Phi) is 5.74. The van der Waals surface area contributed by atoms with E-state index in [4.69, 9.17) is 0 Å². The first-order valence-corrected chi connectivity index (χ1v) is 10.4. The SMILES string of the molecule is CN(C(=O)c1cccc(S(=O)(=O)N2CCCCCC2)c1)c1ccccc1. The van der Waals surface area contributed by atoms with Gasteiger partial charge in [0, 0.05) is 31.4 Å². The minimum atomic E-state index is -3.57. The Morgan fingerprint density at radius 3 is 2.23 bits per heavy atom. The van der Waals surface area contributed by atoms with Crippen LogP contribution in [0.2, 0.25) is 0 Å². The van der Waals surface area contributed by atoms with Crippen LogP contribution in [0, 0.1) is 0 Å². The van der Waals surface area contributed by atoms with Gasteiger partial charge in [-0.15, -0.1) is 0 Å². The number of para-hydroxylation sites is 1. The van der Waals surface area contributed by atoms with Crippen molar-refractivity contribution in [2.24, 2.45) is 0 Å². The van der Waals surface area contributed by atoms with Gasteiger partial charge >= 0.3 is 0 Å². The van der Waals surface area contributed by atoms with Crippen LogP contribution in [0.25, 0.3) is 0 Å². The van der Waals surface area contributed by atoms with Crippen molar-refractivity contribution < 1.29 is 13.2 Å². The molecule has 1 fully saturated rings. The number of hydrogen-bond acceptors (Lipinski definition) is 3. The van der Waals surface area contributed by atoms with E-state index in [1.54, 1.807) is 29.6 Å². The number of carbonyl (C=O) groups is 1. The lowest BCUT2D eigenvalue weighted by atomic mass is 10.2. The van der Waals surface area contributed by atoms with E-state index in [-0.39, 0.29) is 10.8 Å². The fourth-order valence-electron chi connectivity index (χ4n) is 3.18. The number of carbonyl (C=O) groups excluding carboxylic acids is 1. The van der Waals surface area contributed by atoms with Crippen LogP contribution in [0.5, 0.6) is 0 Å². The van der Waals surface area contributed by atoms with E-state index in [0.717, 1.165) is 31.4 Å². The van der Waals surface area contributed by atoms with Gasteiger partial charge in [-0.05, 0) is 43.2 Å². The molecule has 1 aliphatic rings. The third-order valence-electron chi connectivity index (χ3n) is 4.73. The lowest BCUT2D eigenvalue weighted by Crippen LogP contribution is -2.32. The van der Waals surface area contributed by atoms with Crippen molar-refractivity contribution in [1.29, 1.82) is 0 Å². The molecule has 2 aromatic carbocycles. The van der Waals surface area contributed by atoms with Crippen LogP contribution in [0.1, 0.15) is 36.0 Å². The monoisotopic (exact) mass is 372 g/mol. The quantitative estimate of drug-likeness (QED) is 0.825. The van der Waals surface area contributed by atoms with Gasteiger partial charge in [0.1, 0.15) is 0 Å². The van der Waals surface area contributed by atoms with Crippen molar-refractivity contribution >= 4 is 21.6 Å². The Labute approximate surface area is 155 Å². The van der Waals surface area contributed by atoms with E-state index >= 15 is 0 Å². The molecule has 0 spiro atoms. The zero-order chi connectivity index (χ0) is 18.6. The van der Waals surface area contributed by atoms with Crippen molar-refractivity contribution in [1.82, 2.24) is 4.31 Å². The summed E-state index contributed by atoms with van der Waals surface area (Å²) in [5, 5.41) is 0. The van der Waals surface area contributed by atoms with Crippen LogP contribution >= 0.6 is 0 Å². The number of benzene rings is 2. The first-order chi connectivity index (χ1) is 12.5. The summed E-state index contributed by atoms with van der Waals surface area (Å²) in [6.45, 7) is 1.09. The van der Waals surface area contributed by atoms with Crippen molar-refractivity contribution in [3.05, 3.63) is 60.2 Å².